The molecule has 0 heterocycles. The molecule has 0 saturated heterocycles. The maximum absolute atomic E-state index is 10.0. The van der Waals surface area contributed by atoms with E-state index in [1.807, 2.05) is 39.0 Å². The van der Waals surface area contributed by atoms with Crippen molar-refractivity contribution < 1.29 is 4.79 Å². The van der Waals surface area contributed by atoms with Crippen LogP contribution in [0.5, 0.6) is 0 Å². The van der Waals surface area contributed by atoms with Gasteiger partial charge in [-0.25, -0.2) is 0 Å². The van der Waals surface area contributed by atoms with E-state index in [2.05, 4.69) is 6.58 Å². The molecule has 0 saturated carbocycles. The van der Waals surface area contributed by atoms with Crippen LogP contribution in [0.3, 0.4) is 0 Å². The minimum absolute atomic E-state index is 0.487. The fourth-order valence-electron chi connectivity index (χ4n) is 0.570. The Balaban J connectivity index is 0. The van der Waals surface area contributed by atoms with Crippen LogP contribution < -0.4 is 0 Å². The average Bonchev–Trinajstić information content (AvgIpc) is 2.15. The van der Waals surface area contributed by atoms with E-state index in [4.69, 9.17) is 0 Å². The monoisotopic (exact) mass is 166 g/mol. The normalized spacial score (nSPS) is 10.4. The second-order valence-corrected chi connectivity index (χ2v) is 1.83. The molecular formula is C11H18O. The fraction of sp³-hybridized carbons (Fsp3) is 0.364. The van der Waals surface area contributed by atoms with Crippen molar-refractivity contribution in [2.75, 3.05) is 0 Å². The summed E-state index contributed by atoms with van der Waals surface area (Å²) in [7, 11) is 0. The largest absolute Gasteiger partial charge is 0.303 e. The van der Waals surface area contributed by atoms with E-state index in [1.165, 1.54) is 0 Å². The molecule has 0 aliphatic rings. The second-order valence-electron chi connectivity index (χ2n) is 1.83. The van der Waals surface area contributed by atoms with Gasteiger partial charge in [-0.15, -0.1) is 0 Å². The van der Waals surface area contributed by atoms with Crippen LogP contribution in [-0.2, 0) is 4.79 Å². The van der Waals surface area contributed by atoms with Crippen LogP contribution in [0.4, 0.5) is 0 Å². The standard InChI is InChI=1S/C9H12O.C2H6/c1-3-5-6-9(4-2)7-8-10;1-2/h3-6,8H,1,7H2,2H3;1-2H3/b6-5-,9-4+;. The maximum atomic E-state index is 10.0. The molecule has 0 fully saturated rings. The van der Waals surface area contributed by atoms with Crippen LogP contribution in [0.25, 0.3) is 0 Å². The molecule has 0 spiro atoms. The number of allylic oxidation sites excluding steroid dienone is 5. The van der Waals surface area contributed by atoms with Gasteiger partial charge in [0, 0.05) is 6.42 Å². The van der Waals surface area contributed by atoms with Crippen molar-refractivity contribution in [2.45, 2.75) is 27.2 Å². The first-order valence-corrected chi connectivity index (χ1v) is 4.23. The minimum Gasteiger partial charge on any atom is -0.303 e. The zero-order valence-corrected chi connectivity index (χ0v) is 8.21. The quantitative estimate of drug-likeness (QED) is 0.462. The predicted octanol–water partition coefficient (Wildman–Crippen LogP) is 3.29. The third-order valence-corrected chi connectivity index (χ3v) is 1.14. The topological polar surface area (TPSA) is 17.1 Å². The first-order valence-electron chi connectivity index (χ1n) is 4.23. The average molecular weight is 166 g/mol. The lowest BCUT2D eigenvalue weighted by atomic mass is 10.2. The van der Waals surface area contributed by atoms with E-state index in [0.29, 0.717) is 6.42 Å². The lowest BCUT2D eigenvalue weighted by Gasteiger charge is -1.89. The molecule has 0 rings (SSSR count). The number of aldehydes is 1. The Hall–Kier alpha value is -1.11. The van der Waals surface area contributed by atoms with Crippen molar-refractivity contribution in [1.82, 2.24) is 0 Å². The van der Waals surface area contributed by atoms with Crippen LogP contribution in [0.15, 0.2) is 36.5 Å². The molecule has 0 atom stereocenters. The Labute approximate surface area is 75.5 Å². The minimum atomic E-state index is 0.487. The Bertz CT molecular complexity index is 164. The summed E-state index contributed by atoms with van der Waals surface area (Å²) in [5.74, 6) is 0. The summed E-state index contributed by atoms with van der Waals surface area (Å²) >= 11 is 0. The molecule has 0 N–H and O–H groups in total. The van der Waals surface area contributed by atoms with Gasteiger partial charge in [0.25, 0.3) is 0 Å². The van der Waals surface area contributed by atoms with Crippen molar-refractivity contribution in [1.29, 1.82) is 0 Å². The first kappa shape index (κ1) is 13.5. The van der Waals surface area contributed by atoms with E-state index in [9.17, 15) is 4.79 Å². The molecule has 0 aliphatic heterocycles. The number of carbonyl (C=O) groups is 1. The molecule has 0 bridgehead atoms. The smallest absolute Gasteiger partial charge is 0.124 e. The van der Waals surface area contributed by atoms with Gasteiger partial charge in [-0.1, -0.05) is 44.7 Å². The van der Waals surface area contributed by atoms with Gasteiger partial charge >= 0.3 is 0 Å². The van der Waals surface area contributed by atoms with E-state index in [0.717, 1.165) is 11.9 Å². The molecule has 12 heavy (non-hydrogen) atoms. The molecule has 0 radical (unpaired) electrons. The molecule has 1 heteroatoms. The number of carbonyl (C=O) groups excluding carboxylic acids is 1. The number of hydrogen-bond donors (Lipinski definition) is 0. The molecule has 68 valence electrons. The Morgan fingerprint density at radius 1 is 1.42 bits per heavy atom. The molecule has 0 aliphatic carbocycles. The Morgan fingerprint density at radius 2 is 2.00 bits per heavy atom. The summed E-state index contributed by atoms with van der Waals surface area (Å²) in [6, 6.07) is 0. The predicted molar refractivity (Wildman–Crippen MR) is 55.1 cm³/mol. The summed E-state index contributed by atoms with van der Waals surface area (Å²) in [6.07, 6.45) is 8.67. The van der Waals surface area contributed by atoms with Crippen molar-refractivity contribution in [2.24, 2.45) is 0 Å². The third kappa shape index (κ3) is 8.89. The van der Waals surface area contributed by atoms with Gasteiger partial charge in [0.2, 0.25) is 0 Å². The highest BCUT2D eigenvalue weighted by atomic mass is 16.1. The second kappa shape index (κ2) is 12.6. The maximum Gasteiger partial charge on any atom is 0.124 e. The number of hydrogen-bond acceptors (Lipinski definition) is 1. The Morgan fingerprint density at radius 3 is 2.33 bits per heavy atom. The van der Waals surface area contributed by atoms with Crippen LogP contribution in [-0.4, -0.2) is 6.29 Å². The summed E-state index contributed by atoms with van der Waals surface area (Å²) in [5, 5.41) is 0. The summed E-state index contributed by atoms with van der Waals surface area (Å²) in [4.78, 5) is 10.0. The highest BCUT2D eigenvalue weighted by molar-refractivity contribution is 5.56. The van der Waals surface area contributed by atoms with Crippen LogP contribution in [0, 0.1) is 0 Å². The van der Waals surface area contributed by atoms with Crippen molar-refractivity contribution in [3.63, 3.8) is 0 Å². The van der Waals surface area contributed by atoms with Gasteiger partial charge in [0.15, 0.2) is 0 Å². The molecule has 0 amide bonds. The summed E-state index contributed by atoms with van der Waals surface area (Å²) < 4.78 is 0. The zero-order valence-electron chi connectivity index (χ0n) is 8.21. The SMILES string of the molecule is C=C/C=C\C(=C/C)CC=O.CC. The Kier molecular flexibility index (Phi) is 14.1. The highest BCUT2D eigenvalue weighted by Gasteiger charge is 1.85. The van der Waals surface area contributed by atoms with E-state index in [-0.39, 0.29) is 0 Å². The molecule has 0 aromatic rings. The zero-order chi connectivity index (χ0) is 9.82. The van der Waals surface area contributed by atoms with Gasteiger partial charge in [0.1, 0.15) is 6.29 Å². The van der Waals surface area contributed by atoms with Crippen LogP contribution in [0.1, 0.15) is 27.2 Å². The number of rotatable bonds is 4. The van der Waals surface area contributed by atoms with Crippen LogP contribution in [0.2, 0.25) is 0 Å². The molecule has 0 aromatic heterocycles. The molecular weight excluding hydrogens is 148 g/mol. The summed E-state index contributed by atoms with van der Waals surface area (Å²) in [6.45, 7) is 9.43. The summed E-state index contributed by atoms with van der Waals surface area (Å²) in [5.41, 5.74) is 1.02. The molecule has 1 nitrogen and oxygen atoms in total. The van der Waals surface area contributed by atoms with Gasteiger partial charge < -0.3 is 4.79 Å². The van der Waals surface area contributed by atoms with Crippen LogP contribution >= 0.6 is 0 Å². The van der Waals surface area contributed by atoms with E-state index in [1.54, 1.807) is 6.08 Å². The van der Waals surface area contributed by atoms with Gasteiger partial charge in [-0.05, 0) is 12.5 Å². The molecule has 0 aromatic carbocycles. The molecule has 0 unspecified atom stereocenters. The van der Waals surface area contributed by atoms with E-state index < -0.39 is 0 Å². The highest BCUT2D eigenvalue weighted by Crippen LogP contribution is 1.99. The van der Waals surface area contributed by atoms with Gasteiger partial charge in [0.05, 0.1) is 0 Å². The third-order valence-electron chi connectivity index (χ3n) is 1.14. The lowest BCUT2D eigenvalue weighted by Crippen LogP contribution is -1.77. The van der Waals surface area contributed by atoms with Gasteiger partial charge in [-0.2, -0.15) is 0 Å². The first-order chi connectivity index (χ1) is 5.85. The van der Waals surface area contributed by atoms with Crippen molar-refractivity contribution in [3.8, 4) is 0 Å². The van der Waals surface area contributed by atoms with Gasteiger partial charge in [-0.3, -0.25) is 0 Å². The van der Waals surface area contributed by atoms with Crippen molar-refractivity contribution in [3.05, 3.63) is 36.5 Å². The van der Waals surface area contributed by atoms with Crippen molar-refractivity contribution >= 4 is 6.29 Å². The fourth-order valence-corrected chi connectivity index (χ4v) is 0.570. The lowest BCUT2D eigenvalue weighted by molar-refractivity contribution is -0.107. The van der Waals surface area contributed by atoms with E-state index >= 15 is 0 Å².